The highest BCUT2D eigenvalue weighted by molar-refractivity contribution is 5.91. The predicted octanol–water partition coefficient (Wildman–Crippen LogP) is 1.08. The number of rotatable bonds is 3. The molecule has 1 aliphatic heterocycles. The van der Waals surface area contributed by atoms with Crippen molar-refractivity contribution in [1.29, 1.82) is 0 Å². The highest BCUT2D eigenvalue weighted by atomic mass is 19.1. The number of β-amino-alcohol motifs (C(OH)–C–C–N with tert-alkyl or cyclic N) is 1. The van der Waals surface area contributed by atoms with Gasteiger partial charge < -0.3 is 19.2 Å². The number of benzene rings is 1. The maximum Gasteiger partial charge on any atom is 0.291 e. The van der Waals surface area contributed by atoms with Gasteiger partial charge in [-0.2, -0.15) is 0 Å². The number of aliphatic hydroxyl groups is 1. The van der Waals surface area contributed by atoms with Gasteiger partial charge in [0.25, 0.3) is 5.91 Å². The summed E-state index contributed by atoms with van der Waals surface area (Å²) in [5.74, 6) is -0.368. The molecule has 1 N–H and O–H groups in total. The van der Waals surface area contributed by atoms with Crippen LogP contribution in [0.3, 0.4) is 0 Å². The van der Waals surface area contributed by atoms with Gasteiger partial charge in [-0.3, -0.25) is 4.79 Å². The lowest BCUT2D eigenvalue weighted by Gasteiger charge is -2.16. The van der Waals surface area contributed by atoms with Gasteiger partial charge in [-0.15, -0.1) is 0 Å². The zero-order valence-corrected chi connectivity index (χ0v) is 11.0. The first kappa shape index (κ1) is 13.6. The normalized spacial score (nSPS) is 21.5. The predicted molar refractivity (Wildman–Crippen MR) is 69.2 cm³/mol. The minimum Gasteiger partial charge on any atom is -0.486 e. The van der Waals surface area contributed by atoms with Crippen LogP contribution < -0.4 is 4.74 Å². The number of amides is 1. The molecule has 2 heterocycles. The summed E-state index contributed by atoms with van der Waals surface area (Å²) in [5, 5.41) is 9.98. The summed E-state index contributed by atoms with van der Waals surface area (Å²) >= 11 is 0. The third-order valence-electron chi connectivity index (χ3n) is 3.25. The molecule has 0 radical (unpaired) electrons. The molecule has 1 aromatic carbocycles. The van der Waals surface area contributed by atoms with Gasteiger partial charge in [-0.05, 0) is 12.1 Å². The number of likely N-dealkylation sites (tertiary alicyclic amines) is 1. The molecule has 1 amide bonds. The molecular weight excluding hydrogens is 279 g/mol. The van der Waals surface area contributed by atoms with E-state index in [0.29, 0.717) is 5.75 Å². The highest BCUT2D eigenvalue weighted by Crippen LogP contribution is 2.21. The Bertz CT molecular complexity index is 632. The number of oxazole rings is 1. The van der Waals surface area contributed by atoms with Crippen LogP contribution in [-0.2, 0) is 0 Å². The minimum atomic E-state index is -0.847. The zero-order valence-electron chi connectivity index (χ0n) is 11.0. The van der Waals surface area contributed by atoms with Crippen molar-refractivity contribution >= 4 is 5.91 Å². The number of halogens is 1. The van der Waals surface area contributed by atoms with Crippen LogP contribution in [0.25, 0.3) is 0 Å². The van der Waals surface area contributed by atoms with E-state index in [1.54, 1.807) is 6.07 Å². The van der Waals surface area contributed by atoms with Crippen molar-refractivity contribution in [3.8, 4) is 5.75 Å². The third kappa shape index (κ3) is 2.87. The lowest BCUT2D eigenvalue weighted by Crippen LogP contribution is -2.31. The summed E-state index contributed by atoms with van der Waals surface area (Å²) in [5.41, 5.74) is 0. The molecule has 110 valence electrons. The average Bonchev–Trinajstić information content (AvgIpc) is 3.09. The number of aromatic nitrogens is 1. The van der Waals surface area contributed by atoms with E-state index >= 15 is 0 Å². The Morgan fingerprint density at radius 3 is 3.05 bits per heavy atom. The Morgan fingerprint density at radius 2 is 2.33 bits per heavy atom. The first-order chi connectivity index (χ1) is 10.1. The molecule has 1 aromatic heterocycles. The highest BCUT2D eigenvalue weighted by Gasteiger charge is 2.36. The zero-order chi connectivity index (χ0) is 14.8. The SMILES string of the molecule is O=C(c1cnco1)N1C[C@@H](O)[C@H](Oc2cccc(F)c2)C1. The topological polar surface area (TPSA) is 75.8 Å². The average molecular weight is 292 g/mol. The molecule has 2 aromatic rings. The van der Waals surface area contributed by atoms with Crippen LogP contribution in [0.1, 0.15) is 10.6 Å². The minimum absolute atomic E-state index is 0.105. The lowest BCUT2D eigenvalue weighted by molar-refractivity contribution is 0.0719. The molecule has 1 fully saturated rings. The number of ether oxygens (including phenoxy) is 1. The fourth-order valence-corrected chi connectivity index (χ4v) is 2.23. The molecule has 2 atom stereocenters. The van der Waals surface area contributed by atoms with E-state index in [1.165, 1.54) is 35.7 Å². The van der Waals surface area contributed by atoms with Crippen molar-refractivity contribution in [2.75, 3.05) is 13.1 Å². The molecule has 0 aliphatic carbocycles. The summed E-state index contributed by atoms with van der Waals surface area (Å²) in [6, 6.07) is 5.64. The van der Waals surface area contributed by atoms with E-state index in [-0.39, 0.29) is 24.8 Å². The molecule has 1 saturated heterocycles. The van der Waals surface area contributed by atoms with Crippen molar-refractivity contribution in [2.24, 2.45) is 0 Å². The molecule has 21 heavy (non-hydrogen) atoms. The van der Waals surface area contributed by atoms with Crippen molar-refractivity contribution in [2.45, 2.75) is 12.2 Å². The maximum atomic E-state index is 13.1. The first-order valence-corrected chi connectivity index (χ1v) is 6.41. The fourth-order valence-electron chi connectivity index (χ4n) is 2.23. The van der Waals surface area contributed by atoms with E-state index < -0.39 is 18.0 Å². The van der Waals surface area contributed by atoms with Crippen LogP contribution in [0.5, 0.6) is 5.75 Å². The lowest BCUT2D eigenvalue weighted by atomic mass is 10.2. The van der Waals surface area contributed by atoms with Gasteiger partial charge in [0.05, 0.1) is 19.3 Å². The molecule has 0 unspecified atom stereocenters. The Balaban J connectivity index is 1.67. The second-order valence-corrected chi connectivity index (χ2v) is 4.76. The fraction of sp³-hybridized carbons (Fsp3) is 0.286. The van der Waals surface area contributed by atoms with Crippen LogP contribution in [-0.4, -0.2) is 46.2 Å². The van der Waals surface area contributed by atoms with Crippen LogP contribution >= 0.6 is 0 Å². The van der Waals surface area contributed by atoms with Crippen molar-refractivity contribution in [3.63, 3.8) is 0 Å². The Labute approximate surface area is 119 Å². The largest absolute Gasteiger partial charge is 0.486 e. The summed E-state index contributed by atoms with van der Waals surface area (Å²) in [4.78, 5) is 17.2. The molecule has 0 bridgehead atoms. The molecule has 7 heteroatoms. The van der Waals surface area contributed by atoms with Gasteiger partial charge in [-0.1, -0.05) is 6.07 Å². The van der Waals surface area contributed by atoms with Gasteiger partial charge >= 0.3 is 0 Å². The Hall–Kier alpha value is -2.41. The van der Waals surface area contributed by atoms with Crippen molar-refractivity contribution < 1.29 is 23.4 Å². The van der Waals surface area contributed by atoms with Crippen LogP contribution in [0.2, 0.25) is 0 Å². The molecule has 6 nitrogen and oxygen atoms in total. The van der Waals surface area contributed by atoms with Crippen molar-refractivity contribution in [1.82, 2.24) is 9.88 Å². The van der Waals surface area contributed by atoms with E-state index in [2.05, 4.69) is 4.98 Å². The maximum absolute atomic E-state index is 13.1. The Morgan fingerprint density at radius 1 is 1.48 bits per heavy atom. The molecule has 3 rings (SSSR count). The van der Waals surface area contributed by atoms with Crippen LogP contribution in [0, 0.1) is 5.82 Å². The van der Waals surface area contributed by atoms with Gasteiger partial charge in [0.1, 0.15) is 23.8 Å². The summed E-state index contributed by atoms with van der Waals surface area (Å²) < 4.78 is 23.6. The van der Waals surface area contributed by atoms with Gasteiger partial charge in [-0.25, -0.2) is 9.37 Å². The van der Waals surface area contributed by atoms with Gasteiger partial charge in [0.15, 0.2) is 6.39 Å². The number of aliphatic hydroxyl groups excluding tert-OH is 1. The van der Waals surface area contributed by atoms with Crippen LogP contribution in [0.15, 0.2) is 41.3 Å². The number of carbonyl (C=O) groups is 1. The number of hydrogen-bond acceptors (Lipinski definition) is 5. The van der Waals surface area contributed by atoms with Gasteiger partial charge in [0, 0.05) is 6.07 Å². The standard InChI is InChI=1S/C14H13FN2O4/c15-9-2-1-3-10(4-9)21-13-7-17(6-11(13)18)14(19)12-5-16-8-20-12/h1-5,8,11,13,18H,6-7H2/t11-,13-/m1/s1. The number of carbonyl (C=O) groups excluding carboxylic acids is 1. The summed E-state index contributed by atoms with van der Waals surface area (Å²) in [6.07, 6.45) is 1.02. The molecular formula is C14H13FN2O4. The molecule has 0 spiro atoms. The second-order valence-electron chi connectivity index (χ2n) is 4.76. The third-order valence-corrected chi connectivity index (χ3v) is 3.25. The van der Waals surface area contributed by atoms with E-state index in [4.69, 9.17) is 9.15 Å². The first-order valence-electron chi connectivity index (χ1n) is 6.41. The molecule has 0 saturated carbocycles. The monoisotopic (exact) mass is 292 g/mol. The Kier molecular flexibility index (Phi) is 3.57. The number of nitrogens with zero attached hydrogens (tertiary/aromatic N) is 2. The summed E-state index contributed by atoms with van der Waals surface area (Å²) in [7, 11) is 0. The number of hydrogen-bond donors (Lipinski definition) is 1. The van der Waals surface area contributed by atoms with E-state index in [9.17, 15) is 14.3 Å². The van der Waals surface area contributed by atoms with Gasteiger partial charge in [0.2, 0.25) is 5.76 Å². The van der Waals surface area contributed by atoms with Crippen LogP contribution in [0.4, 0.5) is 4.39 Å². The quantitative estimate of drug-likeness (QED) is 0.916. The van der Waals surface area contributed by atoms with E-state index in [0.717, 1.165) is 0 Å². The molecule has 1 aliphatic rings. The smallest absolute Gasteiger partial charge is 0.291 e. The van der Waals surface area contributed by atoms with Crippen molar-refractivity contribution in [3.05, 3.63) is 48.4 Å². The second kappa shape index (κ2) is 5.53. The van der Waals surface area contributed by atoms with E-state index in [1.807, 2.05) is 0 Å². The summed E-state index contributed by atoms with van der Waals surface area (Å²) in [6.45, 7) is 0.316.